The highest BCUT2D eigenvalue weighted by Gasteiger charge is 2.27. The number of carbonyl (C=O) groups excluding carboxylic acids is 2. The molecule has 0 saturated heterocycles. The van der Waals surface area contributed by atoms with Crippen LogP contribution < -0.4 is 15.8 Å². The lowest BCUT2D eigenvalue weighted by Gasteiger charge is -2.16. The zero-order chi connectivity index (χ0) is 18.9. The summed E-state index contributed by atoms with van der Waals surface area (Å²) in [5.74, 6) is -0.907. The van der Waals surface area contributed by atoms with Gasteiger partial charge in [-0.1, -0.05) is 29.8 Å². The molecule has 136 valence electrons. The fraction of sp³-hybridized carbons (Fsp3) is 0.176. The maximum absolute atomic E-state index is 11.9. The van der Waals surface area contributed by atoms with Crippen molar-refractivity contribution in [1.29, 1.82) is 0 Å². The summed E-state index contributed by atoms with van der Waals surface area (Å²) in [6, 6.07) is 9.88. The fourth-order valence-electron chi connectivity index (χ4n) is 2.89. The molecule has 0 fully saturated rings. The molecule has 2 aromatic carbocycles. The van der Waals surface area contributed by atoms with Crippen LogP contribution in [0.2, 0.25) is 5.02 Å². The second-order valence-electron chi connectivity index (χ2n) is 5.87. The largest absolute Gasteiger partial charge is 0.384 e. The number of sulfonamides is 1. The molecule has 7 nitrogen and oxygen atoms in total. The molecule has 1 aliphatic rings. The highest BCUT2D eigenvalue weighted by molar-refractivity contribution is 7.89. The van der Waals surface area contributed by atoms with Gasteiger partial charge < -0.3 is 15.4 Å². The molecular formula is C17H16ClN3O4S. The smallest absolute Gasteiger partial charge is 0.252 e. The molecule has 1 atom stereocenters. The van der Waals surface area contributed by atoms with Gasteiger partial charge in [0.05, 0.1) is 10.8 Å². The van der Waals surface area contributed by atoms with Crippen LogP contribution in [0.4, 0.5) is 5.69 Å². The number of nitrogens with two attached hydrogens (primary N) is 1. The van der Waals surface area contributed by atoms with Crippen LogP contribution in [0.3, 0.4) is 0 Å². The number of benzene rings is 2. The summed E-state index contributed by atoms with van der Waals surface area (Å²) in [5.41, 5.74) is 1.63. The maximum Gasteiger partial charge on any atom is 0.252 e. The fourth-order valence-corrected chi connectivity index (χ4v) is 3.98. The van der Waals surface area contributed by atoms with Crippen molar-refractivity contribution in [3.05, 3.63) is 58.1 Å². The van der Waals surface area contributed by atoms with E-state index in [2.05, 4.69) is 10.6 Å². The van der Waals surface area contributed by atoms with Gasteiger partial charge in [0.25, 0.3) is 5.91 Å². The summed E-state index contributed by atoms with van der Waals surface area (Å²) in [7, 11) is -4.00. The van der Waals surface area contributed by atoms with Crippen LogP contribution in [0.25, 0.3) is 0 Å². The predicted molar refractivity (Wildman–Crippen MR) is 97.7 cm³/mol. The minimum Gasteiger partial charge on any atom is -0.384 e. The Morgan fingerprint density at radius 3 is 2.69 bits per heavy atom. The number of halogens is 1. The number of rotatable bonds is 6. The molecule has 0 bridgehead atoms. The summed E-state index contributed by atoms with van der Waals surface area (Å²) in [5, 5.41) is 11.3. The van der Waals surface area contributed by atoms with Gasteiger partial charge in [0.1, 0.15) is 6.29 Å². The highest BCUT2D eigenvalue weighted by atomic mass is 35.5. The number of hydrogen-bond acceptors (Lipinski definition) is 5. The summed E-state index contributed by atoms with van der Waals surface area (Å²) < 4.78 is 23.7. The molecule has 1 unspecified atom stereocenters. The van der Waals surface area contributed by atoms with Gasteiger partial charge in [-0.2, -0.15) is 0 Å². The van der Waals surface area contributed by atoms with Gasteiger partial charge in [0.15, 0.2) is 0 Å². The molecule has 0 spiro atoms. The van der Waals surface area contributed by atoms with Gasteiger partial charge in [-0.25, -0.2) is 13.6 Å². The molecule has 0 aliphatic carbocycles. The number of amides is 1. The lowest BCUT2D eigenvalue weighted by Crippen LogP contribution is -2.17. The van der Waals surface area contributed by atoms with Crippen molar-refractivity contribution >= 4 is 39.5 Å². The van der Waals surface area contributed by atoms with Gasteiger partial charge in [-0.15, -0.1) is 0 Å². The Labute approximate surface area is 155 Å². The Morgan fingerprint density at radius 1 is 1.31 bits per heavy atom. The first-order valence-corrected chi connectivity index (χ1v) is 9.65. The Balaban J connectivity index is 1.91. The molecule has 1 aliphatic heterocycles. The summed E-state index contributed by atoms with van der Waals surface area (Å²) >= 11 is 6.12. The third-order valence-electron chi connectivity index (χ3n) is 4.18. The van der Waals surface area contributed by atoms with Gasteiger partial charge in [0, 0.05) is 34.9 Å². The van der Waals surface area contributed by atoms with Crippen LogP contribution in [-0.2, 0) is 21.4 Å². The van der Waals surface area contributed by atoms with Crippen LogP contribution in [0.15, 0.2) is 41.3 Å². The molecule has 26 heavy (non-hydrogen) atoms. The van der Waals surface area contributed by atoms with E-state index in [4.69, 9.17) is 16.7 Å². The number of hydrogen-bond donors (Lipinski definition) is 3. The first-order chi connectivity index (χ1) is 12.3. The number of fused-ring (bicyclic) bond motifs is 1. The van der Waals surface area contributed by atoms with E-state index < -0.39 is 15.9 Å². The van der Waals surface area contributed by atoms with Crippen LogP contribution in [-0.4, -0.2) is 27.2 Å². The minimum absolute atomic E-state index is 0.108. The van der Waals surface area contributed by atoms with Gasteiger partial charge in [-0.3, -0.25) is 4.79 Å². The molecule has 1 heterocycles. The van der Waals surface area contributed by atoms with E-state index in [-0.39, 0.29) is 29.5 Å². The molecule has 2 aromatic rings. The van der Waals surface area contributed by atoms with E-state index in [1.807, 2.05) is 0 Å². The molecule has 9 heteroatoms. The first kappa shape index (κ1) is 18.4. The van der Waals surface area contributed by atoms with Crippen LogP contribution >= 0.6 is 11.6 Å². The molecule has 1 amide bonds. The van der Waals surface area contributed by atoms with E-state index in [1.165, 1.54) is 6.07 Å². The van der Waals surface area contributed by atoms with E-state index in [0.717, 1.165) is 6.29 Å². The molecular weight excluding hydrogens is 378 g/mol. The molecule has 0 saturated carbocycles. The molecule has 3 rings (SSSR count). The quantitative estimate of drug-likeness (QED) is 0.644. The number of primary sulfonamides is 1. The topological polar surface area (TPSA) is 118 Å². The average Bonchev–Trinajstić information content (AvgIpc) is 2.96. The minimum atomic E-state index is -4.00. The Kier molecular flexibility index (Phi) is 4.99. The molecule has 0 radical (unpaired) electrons. The zero-order valence-corrected chi connectivity index (χ0v) is 15.1. The Bertz CT molecular complexity index is 991. The molecule has 4 N–H and O–H groups in total. The first-order valence-electron chi connectivity index (χ1n) is 7.72. The second-order valence-corrected chi connectivity index (χ2v) is 7.81. The van der Waals surface area contributed by atoms with Gasteiger partial charge in [-0.05, 0) is 23.8 Å². The van der Waals surface area contributed by atoms with Crippen molar-refractivity contribution < 1.29 is 18.0 Å². The number of carbonyl (C=O) groups is 2. The third-order valence-corrected chi connectivity index (χ3v) is 5.50. The van der Waals surface area contributed by atoms with Crippen molar-refractivity contribution in [2.45, 2.75) is 17.4 Å². The van der Waals surface area contributed by atoms with E-state index in [0.29, 0.717) is 21.8 Å². The number of aldehydes is 1. The lowest BCUT2D eigenvalue weighted by atomic mass is 10.0. The maximum atomic E-state index is 11.9. The summed E-state index contributed by atoms with van der Waals surface area (Å²) in [4.78, 5) is 23.3. The van der Waals surface area contributed by atoms with Crippen LogP contribution in [0.1, 0.15) is 27.4 Å². The van der Waals surface area contributed by atoms with Gasteiger partial charge >= 0.3 is 0 Å². The second kappa shape index (κ2) is 7.06. The summed E-state index contributed by atoms with van der Waals surface area (Å²) in [6.45, 7) is 0.286. The molecule has 0 aromatic heterocycles. The average molecular weight is 394 g/mol. The van der Waals surface area contributed by atoms with Crippen molar-refractivity contribution in [3.8, 4) is 0 Å². The highest BCUT2D eigenvalue weighted by Crippen LogP contribution is 2.29. The van der Waals surface area contributed by atoms with Crippen LogP contribution in [0.5, 0.6) is 0 Å². The van der Waals surface area contributed by atoms with Crippen molar-refractivity contribution in [3.63, 3.8) is 0 Å². The summed E-state index contributed by atoms with van der Waals surface area (Å²) in [6.07, 6.45) is 0.759. The van der Waals surface area contributed by atoms with E-state index in [9.17, 15) is 18.0 Å². The monoisotopic (exact) mass is 393 g/mol. The van der Waals surface area contributed by atoms with E-state index >= 15 is 0 Å². The SMILES string of the molecule is NS(=O)(=O)c1cc(NCC(C=O)c2ccccc2Cl)cc2c1CNC2=O. The number of nitrogens with one attached hydrogen (secondary N) is 2. The standard InChI is InChI=1S/C17H16ClN3O4S/c18-15-4-2-1-3-12(15)10(9-22)7-20-11-5-13-14(8-21-17(13)23)16(6-11)26(19,24)25/h1-6,9-10,20H,7-8H2,(H,21,23)(H2,19,24,25). The predicted octanol–water partition coefficient (Wildman–Crippen LogP) is 1.63. The van der Waals surface area contributed by atoms with Crippen molar-refractivity contribution in [2.24, 2.45) is 5.14 Å². The lowest BCUT2D eigenvalue weighted by molar-refractivity contribution is -0.108. The van der Waals surface area contributed by atoms with Crippen molar-refractivity contribution in [2.75, 3.05) is 11.9 Å². The third kappa shape index (κ3) is 3.57. The van der Waals surface area contributed by atoms with Crippen molar-refractivity contribution in [1.82, 2.24) is 5.32 Å². The number of anilines is 1. The normalized spacial score (nSPS) is 14.5. The van der Waals surface area contributed by atoms with Crippen LogP contribution in [0, 0.1) is 0 Å². The van der Waals surface area contributed by atoms with E-state index in [1.54, 1.807) is 30.3 Å². The Hall–Kier alpha value is -2.42. The Morgan fingerprint density at radius 2 is 2.04 bits per heavy atom. The van der Waals surface area contributed by atoms with Gasteiger partial charge in [0.2, 0.25) is 10.0 Å². The zero-order valence-electron chi connectivity index (χ0n) is 13.5.